The summed E-state index contributed by atoms with van der Waals surface area (Å²) >= 11 is 0. The number of benzene rings is 1. The van der Waals surface area contributed by atoms with E-state index in [2.05, 4.69) is 15.0 Å². The monoisotopic (exact) mass is 382 g/mol. The first-order valence-corrected chi connectivity index (χ1v) is 9.62. The standard InChI is InChI=1S/C15H18N4O6S/c1-22-15-11-13(24-14(18-11)9-6-4-3-5-7-9)12(25-26(2,20)21)10(23-15)8-17-19-16/h3-7,10-13,15H,8H2,1-2H3/t10-,11-,12-,13+,15+/m0/s1. The van der Waals surface area contributed by atoms with Crippen molar-refractivity contribution < 1.29 is 26.8 Å². The zero-order valence-electron chi connectivity index (χ0n) is 14.1. The Morgan fingerprint density at radius 2 is 2.08 bits per heavy atom. The normalized spacial score (nSPS) is 30.7. The maximum absolute atomic E-state index is 11.7. The summed E-state index contributed by atoms with van der Waals surface area (Å²) in [5.74, 6) is 0.345. The van der Waals surface area contributed by atoms with E-state index in [-0.39, 0.29) is 6.54 Å². The fraction of sp³-hybridized carbons (Fsp3) is 0.533. The molecule has 2 aliphatic heterocycles. The van der Waals surface area contributed by atoms with E-state index >= 15 is 0 Å². The second-order valence-corrected chi connectivity index (χ2v) is 7.43. The average Bonchev–Trinajstić information content (AvgIpc) is 3.06. The van der Waals surface area contributed by atoms with Crippen LogP contribution in [-0.4, -0.2) is 64.9 Å². The van der Waals surface area contributed by atoms with Crippen LogP contribution in [0.3, 0.4) is 0 Å². The summed E-state index contributed by atoms with van der Waals surface area (Å²) in [4.78, 5) is 7.18. The molecule has 1 aromatic rings. The highest BCUT2D eigenvalue weighted by atomic mass is 32.2. The predicted molar refractivity (Wildman–Crippen MR) is 91.0 cm³/mol. The third-order valence-electron chi connectivity index (χ3n) is 3.99. The van der Waals surface area contributed by atoms with Gasteiger partial charge in [0.1, 0.15) is 12.1 Å². The maximum atomic E-state index is 11.7. The molecular formula is C15H18N4O6S. The van der Waals surface area contributed by atoms with Crippen molar-refractivity contribution in [3.63, 3.8) is 0 Å². The summed E-state index contributed by atoms with van der Waals surface area (Å²) in [5, 5.41) is 3.47. The highest BCUT2D eigenvalue weighted by Crippen LogP contribution is 2.34. The molecular weight excluding hydrogens is 364 g/mol. The van der Waals surface area contributed by atoms with E-state index in [0.717, 1.165) is 11.8 Å². The van der Waals surface area contributed by atoms with Crippen molar-refractivity contribution in [2.45, 2.75) is 30.6 Å². The smallest absolute Gasteiger partial charge is 0.264 e. The molecule has 10 nitrogen and oxygen atoms in total. The van der Waals surface area contributed by atoms with Gasteiger partial charge in [-0.25, -0.2) is 4.99 Å². The van der Waals surface area contributed by atoms with E-state index in [1.165, 1.54) is 7.11 Å². The zero-order chi connectivity index (χ0) is 18.7. The molecule has 0 aliphatic carbocycles. The van der Waals surface area contributed by atoms with Crippen LogP contribution in [-0.2, 0) is 28.5 Å². The topological polar surface area (TPSA) is 132 Å². The third-order valence-corrected chi connectivity index (χ3v) is 4.56. The van der Waals surface area contributed by atoms with Gasteiger partial charge in [-0.3, -0.25) is 4.18 Å². The van der Waals surface area contributed by atoms with Crippen LogP contribution in [0.5, 0.6) is 0 Å². The predicted octanol–water partition coefficient (Wildman–Crippen LogP) is 1.23. The molecule has 0 unspecified atom stereocenters. The second kappa shape index (κ2) is 7.60. The van der Waals surface area contributed by atoms with E-state index in [1.807, 2.05) is 30.3 Å². The summed E-state index contributed by atoms with van der Waals surface area (Å²) in [6.07, 6.45) is -2.52. The lowest BCUT2D eigenvalue weighted by molar-refractivity contribution is -0.234. The van der Waals surface area contributed by atoms with Gasteiger partial charge in [0.15, 0.2) is 12.4 Å². The molecule has 5 atom stereocenters. The summed E-state index contributed by atoms with van der Waals surface area (Å²) in [7, 11) is -2.37. The van der Waals surface area contributed by atoms with Crippen LogP contribution < -0.4 is 0 Å². The molecule has 26 heavy (non-hydrogen) atoms. The van der Waals surface area contributed by atoms with Gasteiger partial charge in [-0.05, 0) is 17.7 Å². The van der Waals surface area contributed by atoms with Crippen LogP contribution in [0.15, 0.2) is 40.4 Å². The molecule has 1 fully saturated rings. The van der Waals surface area contributed by atoms with Crippen molar-refractivity contribution in [2.24, 2.45) is 10.1 Å². The lowest BCUT2D eigenvalue weighted by atomic mass is 9.97. The summed E-state index contributed by atoms with van der Waals surface area (Å²) < 4.78 is 45.6. The van der Waals surface area contributed by atoms with Gasteiger partial charge in [0.25, 0.3) is 10.1 Å². The number of aliphatic imine (C=N–C) groups is 1. The van der Waals surface area contributed by atoms with Crippen LogP contribution >= 0.6 is 0 Å². The Morgan fingerprint density at radius 3 is 2.69 bits per heavy atom. The van der Waals surface area contributed by atoms with Gasteiger partial charge >= 0.3 is 0 Å². The quantitative estimate of drug-likeness (QED) is 0.314. The molecule has 0 saturated carbocycles. The SMILES string of the molecule is CO[C@@H]1O[C@@H](CN=[N+]=[N-])[C@H](OS(C)(=O)=O)[C@@H]2OC(c3ccccc3)=N[C@H]12. The Morgan fingerprint density at radius 1 is 1.35 bits per heavy atom. The minimum Gasteiger partial charge on any atom is -0.469 e. The van der Waals surface area contributed by atoms with Gasteiger partial charge in [-0.1, -0.05) is 23.3 Å². The van der Waals surface area contributed by atoms with Gasteiger partial charge in [0, 0.05) is 17.6 Å². The maximum Gasteiger partial charge on any atom is 0.264 e. The Labute approximate surface area is 150 Å². The highest BCUT2D eigenvalue weighted by Gasteiger charge is 2.53. The van der Waals surface area contributed by atoms with E-state index in [0.29, 0.717) is 5.90 Å². The van der Waals surface area contributed by atoms with Crippen molar-refractivity contribution in [1.29, 1.82) is 0 Å². The first-order valence-electron chi connectivity index (χ1n) is 7.80. The Kier molecular flexibility index (Phi) is 5.44. The minimum atomic E-state index is -3.81. The first kappa shape index (κ1) is 18.6. The van der Waals surface area contributed by atoms with Crippen LogP contribution in [0.25, 0.3) is 10.4 Å². The third kappa shape index (κ3) is 3.97. The number of hydrogen-bond donors (Lipinski definition) is 0. The summed E-state index contributed by atoms with van der Waals surface area (Å²) in [6, 6.07) is 8.55. The number of fused-ring (bicyclic) bond motifs is 1. The van der Waals surface area contributed by atoms with Crippen LogP contribution in [0, 0.1) is 0 Å². The Hall–Kier alpha value is -2.17. The Bertz CT molecular complexity index is 824. The van der Waals surface area contributed by atoms with Crippen molar-refractivity contribution in [3.8, 4) is 0 Å². The minimum absolute atomic E-state index is 0.135. The van der Waals surface area contributed by atoms with E-state index < -0.39 is 40.8 Å². The molecule has 11 heteroatoms. The van der Waals surface area contributed by atoms with Crippen molar-refractivity contribution >= 4 is 16.0 Å². The molecule has 2 aliphatic rings. The molecule has 0 amide bonds. The lowest BCUT2D eigenvalue weighted by Crippen LogP contribution is -2.58. The van der Waals surface area contributed by atoms with E-state index in [1.54, 1.807) is 0 Å². The molecule has 1 saturated heterocycles. The van der Waals surface area contributed by atoms with Gasteiger partial charge in [0.2, 0.25) is 5.90 Å². The molecule has 0 aromatic heterocycles. The van der Waals surface area contributed by atoms with Crippen molar-refractivity contribution in [2.75, 3.05) is 19.9 Å². The number of azide groups is 1. The number of rotatable bonds is 6. The number of hydrogen-bond acceptors (Lipinski definition) is 8. The Balaban J connectivity index is 1.93. The zero-order valence-corrected chi connectivity index (χ0v) is 14.9. The molecule has 3 rings (SSSR count). The molecule has 0 bridgehead atoms. The van der Waals surface area contributed by atoms with Gasteiger partial charge in [-0.15, -0.1) is 0 Å². The number of nitrogens with zero attached hydrogens (tertiary/aromatic N) is 4. The number of ether oxygens (including phenoxy) is 3. The van der Waals surface area contributed by atoms with Gasteiger partial charge in [0.05, 0.1) is 18.9 Å². The molecule has 0 radical (unpaired) electrons. The largest absolute Gasteiger partial charge is 0.469 e. The number of methoxy groups -OCH3 is 1. The lowest BCUT2D eigenvalue weighted by Gasteiger charge is -2.40. The van der Waals surface area contributed by atoms with Crippen LogP contribution in [0.1, 0.15) is 5.56 Å². The van der Waals surface area contributed by atoms with Crippen LogP contribution in [0.2, 0.25) is 0 Å². The molecule has 0 spiro atoms. The van der Waals surface area contributed by atoms with Crippen molar-refractivity contribution in [3.05, 3.63) is 46.3 Å². The van der Waals surface area contributed by atoms with Gasteiger partial charge in [-0.2, -0.15) is 8.42 Å². The fourth-order valence-electron chi connectivity index (χ4n) is 2.96. The van der Waals surface area contributed by atoms with E-state index in [4.69, 9.17) is 23.9 Å². The molecule has 1 aromatic carbocycles. The van der Waals surface area contributed by atoms with Gasteiger partial charge < -0.3 is 14.2 Å². The first-order chi connectivity index (χ1) is 12.4. The summed E-state index contributed by atoms with van der Waals surface area (Å²) in [5.41, 5.74) is 9.31. The molecule has 140 valence electrons. The van der Waals surface area contributed by atoms with Crippen LogP contribution in [0.4, 0.5) is 0 Å². The highest BCUT2D eigenvalue weighted by molar-refractivity contribution is 7.86. The summed E-state index contributed by atoms with van der Waals surface area (Å²) in [6.45, 7) is -0.135. The van der Waals surface area contributed by atoms with Crippen molar-refractivity contribution in [1.82, 2.24) is 0 Å². The second-order valence-electron chi connectivity index (χ2n) is 5.83. The molecule has 0 N–H and O–H groups in total. The average molecular weight is 382 g/mol. The fourth-order valence-corrected chi connectivity index (χ4v) is 3.59. The van der Waals surface area contributed by atoms with E-state index in [9.17, 15) is 8.42 Å². The molecule has 2 heterocycles.